The molecule has 0 spiro atoms. The highest BCUT2D eigenvalue weighted by atomic mass is 32.2. The molecule has 0 fully saturated rings. The topological polar surface area (TPSA) is 95.9 Å². The summed E-state index contributed by atoms with van der Waals surface area (Å²) in [4.78, 5) is 10.3. The summed E-state index contributed by atoms with van der Waals surface area (Å²) < 4.78 is 34.9. The minimum atomic E-state index is -3.87. The molecule has 0 radical (unpaired) electrons. The molecule has 0 bridgehead atoms. The second-order valence-electron chi connectivity index (χ2n) is 9.27. The van der Waals surface area contributed by atoms with Crippen molar-refractivity contribution in [3.8, 4) is 17.6 Å². The molecule has 2 heterocycles. The number of likely N-dealkylation sites (N-methyl/N-ethyl adjacent to an activating group) is 1. The van der Waals surface area contributed by atoms with Gasteiger partial charge in [0, 0.05) is 61.0 Å². The van der Waals surface area contributed by atoms with Gasteiger partial charge >= 0.3 is 0 Å². The number of hydrogen-bond acceptors (Lipinski definition) is 7. The Balaban J connectivity index is 1.99. The van der Waals surface area contributed by atoms with Crippen LogP contribution in [0.5, 0.6) is 5.75 Å². The summed E-state index contributed by atoms with van der Waals surface area (Å²) >= 11 is 0. The Morgan fingerprint density at radius 2 is 1.97 bits per heavy atom. The Labute approximate surface area is 203 Å². The summed E-state index contributed by atoms with van der Waals surface area (Å²) in [6.45, 7) is 8.87. The van der Waals surface area contributed by atoms with Crippen LogP contribution < -0.4 is 4.74 Å². The van der Waals surface area contributed by atoms with E-state index in [0.717, 1.165) is 5.56 Å². The third kappa shape index (κ3) is 6.33. The van der Waals surface area contributed by atoms with Gasteiger partial charge in [-0.25, -0.2) is 18.4 Å². The first-order valence-corrected chi connectivity index (χ1v) is 12.9. The van der Waals surface area contributed by atoms with E-state index in [4.69, 9.17) is 4.74 Å². The van der Waals surface area contributed by atoms with Gasteiger partial charge in [0.05, 0.1) is 6.61 Å². The molecule has 1 N–H and O–H groups in total. The largest absolute Gasteiger partial charge is 0.487 e. The van der Waals surface area contributed by atoms with Crippen molar-refractivity contribution in [2.75, 3.05) is 26.7 Å². The molecule has 0 saturated carbocycles. The number of ether oxygens (including phenoxy) is 1. The summed E-state index contributed by atoms with van der Waals surface area (Å²) in [5, 5.41) is 9.78. The van der Waals surface area contributed by atoms with Crippen LogP contribution in [-0.2, 0) is 16.6 Å². The number of hydrogen-bond donors (Lipinski definition) is 1. The van der Waals surface area contributed by atoms with Crippen LogP contribution in [-0.4, -0.2) is 71.6 Å². The number of sulfonamides is 1. The summed E-state index contributed by atoms with van der Waals surface area (Å²) in [7, 11) is -1.88. The lowest BCUT2D eigenvalue weighted by atomic mass is 10.0. The second kappa shape index (κ2) is 11.3. The number of rotatable bonds is 6. The third-order valence-electron chi connectivity index (χ3n) is 5.73. The van der Waals surface area contributed by atoms with Gasteiger partial charge in [-0.15, -0.1) is 0 Å². The lowest BCUT2D eigenvalue weighted by Crippen LogP contribution is -2.49. The molecule has 0 aliphatic carbocycles. The van der Waals surface area contributed by atoms with Gasteiger partial charge in [0.25, 0.3) is 0 Å². The SMILES string of the molecule is CC(C)C#Cc1ccc2c(c1)O[C@H](CN(C)Cc1cncnc1)[C@@H](C)CN([C@@H](C)CO)S2(=O)=O. The summed E-state index contributed by atoms with van der Waals surface area (Å²) in [6, 6.07) is 4.42. The molecule has 2 aromatic rings. The van der Waals surface area contributed by atoms with Gasteiger partial charge in [-0.1, -0.05) is 32.6 Å². The molecule has 0 amide bonds. The molecule has 0 unspecified atom stereocenters. The average molecular weight is 487 g/mol. The van der Waals surface area contributed by atoms with Gasteiger partial charge in [-0.05, 0) is 32.2 Å². The van der Waals surface area contributed by atoms with Crippen molar-refractivity contribution >= 4 is 10.0 Å². The Hall–Kier alpha value is -2.51. The molecule has 1 aromatic carbocycles. The van der Waals surface area contributed by atoms with Crippen molar-refractivity contribution in [2.45, 2.75) is 51.3 Å². The quantitative estimate of drug-likeness (QED) is 0.627. The van der Waals surface area contributed by atoms with E-state index in [-0.39, 0.29) is 36.0 Å². The maximum Gasteiger partial charge on any atom is 0.247 e. The van der Waals surface area contributed by atoms with E-state index in [1.807, 2.05) is 27.8 Å². The highest BCUT2D eigenvalue weighted by Gasteiger charge is 2.38. The fourth-order valence-corrected chi connectivity index (χ4v) is 5.67. The minimum absolute atomic E-state index is 0.0962. The first-order chi connectivity index (χ1) is 16.1. The molecule has 1 aliphatic rings. The Bertz CT molecular complexity index is 1130. The number of aliphatic hydroxyl groups is 1. The van der Waals surface area contributed by atoms with Crippen LogP contribution in [0.1, 0.15) is 38.8 Å². The van der Waals surface area contributed by atoms with Gasteiger partial charge in [0.1, 0.15) is 23.1 Å². The molecule has 0 saturated heterocycles. The van der Waals surface area contributed by atoms with Crippen molar-refractivity contribution in [2.24, 2.45) is 11.8 Å². The maximum absolute atomic E-state index is 13.5. The lowest BCUT2D eigenvalue weighted by Gasteiger charge is -2.37. The van der Waals surface area contributed by atoms with Gasteiger partial charge in [-0.3, -0.25) is 4.90 Å². The number of benzene rings is 1. The molecule has 184 valence electrons. The maximum atomic E-state index is 13.5. The van der Waals surface area contributed by atoms with Gasteiger partial charge < -0.3 is 9.84 Å². The van der Waals surface area contributed by atoms with Crippen molar-refractivity contribution in [3.05, 3.63) is 48.0 Å². The van der Waals surface area contributed by atoms with Crippen LogP contribution in [0, 0.1) is 23.7 Å². The Morgan fingerprint density at radius 1 is 1.26 bits per heavy atom. The summed E-state index contributed by atoms with van der Waals surface area (Å²) in [6.07, 6.45) is 4.76. The zero-order valence-electron chi connectivity index (χ0n) is 20.5. The number of aliphatic hydroxyl groups excluding tert-OH is 1. The van der Waals surface area contributed by atoms with E-state index in [2.05, 4.69) is 26.7 Å². The van der Waals surface area contributed by atoms with E-state index in [0.29, 0.717) is 24.4 Å². The molecule has 9 heteroatoms. The molecular formula is C25H34N4O4S. The number of nitrogens with zero attached hydrogens (tertiary/aromatic N) is 4. The highest BCUT2D eigenvalue weighted by molar-refractivity contribution is 7.89. The van der Waals surface area contributed by atoms with Crippen LogP contribution in [0.2, 0.25) is 0 Å². The van der Waals surface area contributed by atoms with E-state index in [1.54, 1.807) is 37.5 Å². The molecule has 8 nitrogen and oxygen atoms in total. The normalized spacial score (nSPS) is 21.1. The molecule has 3 rings (SSSR count). The van der Waals surface area contributed by atoms with Crippen LogP contribution in [0.25, 0.3) is 0 Å². The first-order valence-electron chi connectivity index (χ1n) is 11.5. The summed E-state index contributed by atoms with van der Waals surface area (Å²) in [5.41, 5.74) is 1.68. The zero-order valence-corrected chi connectivity index (χ0v) is 21.3. The monoisotopic (exact) mass is 486 g/mol. The smallest absolute Gasteiger partial charge is 0.247 e. The van der Waals surface area contributed by atoms with Gasteiger partial charge in [-0.2, -0.15) is 4.31 Å². The van der Waals surface area contributed by atoms with E-state index >= 15 is 0 Å². The van der Waals surface area contributed by atoms with Crippen LogP contribution >= 0.6 is 0 Å². The highest BCUT2D eigenvalue weighted by Crippen LogP contribution is 2.34. The van der Waals surface area contributed by atoms with Crippen molar-refractivity contribution in [1.82, 2.24) is 19.2 Å². The van der Waals surface area contributed by atoms with E-state index in [1.165, 1.54) is 10.6 Å². The standard InChI is InChI=1S/C25H34N4O4S/c1-18(2)6-7-21-8-9-25-23(10-21)33-24(15-28(5)14-22-11-26-17-27-12-22)19(3)13-29(20(4)16-30)34(25,31)32/h8-12,17-20,24,30H,13-16H2,1-5H3/t19-,20-,24+/m0/s1. The first kappa shape index (κ1) is 26.1. The van der Waals surface area contributed by atoms with Crippen molar-refractivity contribution < 1.29 is 18.3 Å². The fraction of sp³-hybridized carbons (Fsp3) is 0.520. The third-order valence-corrected chi connectivity index (χ3v) is 7.75. The molecular weight excluding hydrogens is 452 g/mol. The molecule has 1 aliphatic heterocycles. The van der Waals surface area contributed by atoms with Crippen molar-refractivity contribution in [1.29, 1.82) is 0 Å². The van der Waals surface area contributed by atoms with Crippen molar-refractivity contribution in [3.63, 3.8) is 0 Å². The van der Waals surface area contributed by atoms with Gasteiger partial charge in [0.2, 0.25) is 10.0 Å². The lowest BCUT2D eigenvalue weighted by molar-refractivity contribution is 0.0733. The Morgan fingerprint density at radius 3 is 2.62 bits per heavy atom. The number of fused-ring (bicyclic) bond motifs is 1. The fourth-order valence-electron chi connectivity index (χ4n) is 3.84. The molecule has 34 heavy (non-hydrogen) atoms. The van der Waals surface area contributed by atoms with Gasteiger partial charge in [0.15, 0.2) is 0 Å². The molecule has 3 atom stereocenters. The average Bonchev–Trinajstić information content (AvgIpc) is 2.80. The zero-order chi connectivity index (χ0) is 24.9. The van der Waals surface area contributed by atoms with E-state index < -0.39 is 16.1 Å². The van der Waals surface area contributed by atoms with Crippen LogP contribution in [0.3, 0.4) is 0 Å². The summed E-state index contributed by atoms with van der Waals surface area (Å²) in [5.74, 6) is 6.57. The predicted octanol–water partition coefficient (Wildman–Crippen LogP) is 2.38. The van der Waals surface area contributed by atoms with E-state index in [9.17, 15) is 13.5 Å². The Kier molecular flexibility index (Phi) is 8.66. The second-order valence-corrected chi connectivity index (χ2v) is 11.1. The van der Waals surface area contributed by atoms with Crippen LogP contribution in [0.4, 0.5) is 0 Å². The van der Waals surface area contributed by atoms with Crippen LogP contribution in [0.15, 0.2) is 41.8 Å². The minimum Gasteiger partial charge on any atom is -0.487 e. The number of aromatic nitrogens is 2. The predicted molar refractivity (Wildman–Crippen MR) is 131 cm³/mol. The molecule has 1 aromatic heterocycles.